The first-order chi connectivity index (χ1) is 30.0. The van der Waals surface area contributed by atoms with E-state index in [2.05, 4.69) is 0 Å². The fourth-order valence-electron chi connectivity index (χ4n) is 7.09. The molecular formula is C40H45O23+. The Balaban J connectivity index is 1.24. The van der Waals surface area contributed by atoms with Crippen LogP contribution in [0.5, 0.6) is 34.5 Å². The van der Waals surface area contributed by atoms with E-state index in [0.717, 1.165) is 24.3 Å². The molecule has 23 heteroatoms. The van der Waals surface area contributed by atoms with Gasteiger partial charge >= 0.3 is 17.3 Å². The van der Waals surface area contributed by atoms with Crippen molar-refractivity contribution in [3.63, 3.8) is 0 Å². The maximum Gasteiger partial charge on any atom is 0.402 e. The molecule has 14 N–H and O–H groups in total. The highest BCUT2D eigenvalue weighted by molar-refractivity contribution is 5.90. The zero-order valence-corrected chi connectivity index (χ0v) is 32.5. The number of aromatic hydroxyl groups is 4. The molecule has 3 aliphatic heterocycles. The van der Waals surface area contributed by atoms with Gasteiger partial charge in [-0.25, -0.2) is 9.21 Å². The van der Waals surface area contributed by atoms with Crippen LogP contribution in [0.25, 0.3) is 22.3 Å². The zero-order chi connectivity index (χ0) is 45.4. The second-order valence-corrected chi connectivity index (χ2v) is 14.9. The molecular weight excluding hydrogens is 848 g/mol. The quantitative estimate of drug-likeness (QED) is 0.0389. The number of hydrogen-bond donors (Lipinski definition) is 14. The third-order valence-corrected chi connectivity index (χ3v) is 10.6. The molecule has 3 saturated heterocycles. The van der Waals surface area contributed by atoms with Gasteiger partial charge in [0.15, 0.2) is 23.9 Å². The monoisotopic (exact) mass is 893 g/mol. The summed E-state index contributed by atoms with van der Waals surface area (Å²) in [6.45, 7) is -2.41. The second kappa shape index (κ2) is 18.9. The van der Waals surface area contributed by atoms with Crippen molar-refractivity contribution in [3.05, 3.63) is 66.2 Å². The highest BCUT2D eigenvalue weighted by Crippen LogP contribution is 2.44. The molecule has 7 rings (SSSR count). The fraction of sp³-hybridized carbons (Fsp3) is 0.450. The van der Waals surface area contributed by atoms with E-state index in [-0.39, 0.29) is 45.1 Å². The van der Waals surface area contributed by atoms with Crippen LogP contribution in [0, 0.1) is 0 Å². The average Bonchev–Trinajstić information content (AvgIpc) is 3.26. The first-order valence-corrected chi connectivity index (χ1v) is 19.2. The average molecular weight is 894 g/mol. The van der Waals surface area contributed by atoms with Gasteiger partial charge < -0.3 is 105 Å². The Morgan fingerprint density at radius 1 is 0.571 bits per heavy atom. The number of esters is 1. The van der Waals surface area contributed by atoms with Crippen molar-refractivity contribution in [2.45, 2.75) is 92.1 Å². The minimum absolute atomic E-state index is 0.00218. The van der Waals surface area contributed by atoms with Gasteiger partial charge in [-0.2, -0.15) is 0 Å². The van der Waals surface area contributed by atoms with Gasteiger partial charge in [0.25, 0.3) is 0 Å². The van der Waals surface area contributed by atoms with Crippen molar-refractivity contribution in [1.29, 1.82) is 0 Å². The molecule has 15 atom stereocenters. The van der Waals surface area contributed by atoms with E-state index in [9.17, 15) is 76.3 Å². The first kappa shape index (κ1) is 45.8. The molecule has 4 heterocycles. The number of hydrogen-bond acceptors (Lipinski definition) is 22. The van der Waals surface area contributed by atoms with Crippen LogP contribution in [0.15, 0.2) is 65.1 Å². The van der Waals surface area contributed by atoms with Crippen molar-refractivity contribution >= 4 is 16.9 Å². The van der Waals surface area contributed by atoms with Crippen LogP contribution < -0.4 is 9.47 Å². The molecule has 63 heavy (non-hydrogen) atoms. The van der Waals surface area contributed by atoms with E-state index in [1.165, 1.54) is 36.4 Å². The first-order valence-electron chi connectivity index (χ1n) is 19.2. The van der Waals surface area contributed by atoms with Gasteiger partial charge in [0, 0.05) is 18.2 Å². The molecule has 4 aromatic rings. The van der Waals surface area contributed by atoms with Crippen molar-refractivity contribution < 1.29 is 114 Å². The highest BCUT2D eigenvalue weighted by atomic mass is 16.8. The lowest BCUT2D eigenvalue weighted by Crippen LogP contribution is -2.65. The van der Waals surface area contributed by atoms with Crippen molar-refractivity contribution in [2.75, 3.05) is 19.8 Å². The number of benzene rings is 3. The third kappa shape index (κ3) is 9.38. The van der Waals surface area contributed by atoms with Crippen LogP contribution in [-0.4, -0.2) is 189 Å². The Bertz CT molecular complexity index is 2220. The number of fused-ring (bicyclic) bond motifs is 1. The lowest BCUT2D eigenvalue weighted by molar-refractivity contribution is -0.357. The minimum atomic E-state index is -2.06. The van der Waals surface area contributed by atoms with Gasteiger partial charge in [-0.05, 0) is 36.4 Å². The fourth-order valence-corrected chi connectivity index (χ4v) is 7.09. The molecule has 0 aliphatic carbocycles. The topological polar surface area (TPSA) is 376 Å². The van der Waals surface area contributed by atoms with E-state index < -0.39 is 135 Å². The Hall–Kier alpha value is -5.22. The van der Waals surface area contributed by atoms with Crippen LogP contribution in [0.3, 0.4) is 0 Å². The van der Waals surface area contributed by atoms with Gasteiger partial charge in [0.2, 0.25) is 18.3 Å². The molecule has 3 aromatic carbocycles. The summed E-state index contributed by atoms with van der Waals surface area (Å²) in [4.78, 5) is 12.7. The van der Waals surface area contributed by atoms with Crippen LogP contribution in [-0.2, 0) is 23.7 Å². The van der Waals surface area contributed by atoms with E-state index in [1.807, 2.05) is 0 Å². The summed E-state index contributed by atoms with van der Waals surface area (Å²) in [5.74, 6) is -3.65. The van der Waals surface area contributed by atoms with E-state index in [1.54, 1.807) is 0 Å². The molecule has 3 fully saturated rings. The Morgan fingerprint density at radius 3 is 1.81 bits per heavy atom. The molecule has 15 unspecified atom stereocenters. The Labute approximate surface area is 354 Å². The molecule has 0 saturated carbocycles. The van der Waals surface area contributed by atoms with Crippen LogP contribution >= 0.6 is 0 Å². The van der Waals surface area contributed by atoms with Crippen molar-refractivity contribution in [2.24, 2.45) is 0 Å². The molecule has 3 aliphatic rings. The summed E-state index contributed by atoms with van der Waals surface area (Å²) in [5, 5.41) is 147. The number of ether oxygens (including phenoxy) is 7. The lowest BCUT2D eigenvalue weighted by Gasteiger charge is -2.45. The molecule has 0 spiro atoms. The molecule has 342 valence electrons. The number of phenolic OH excluding ortho intramolecular Hbond substituents is 4. The molecule has 0 radical (unpaired) electrons. The van der Waals surface area contributed by atoms with Gasteiger partial charge in [0.05, 0.1) is 30.4 Å². The summed E-state index contributed by atoms with van der Waals surface area (Å²) >= 11 is 0. The molecule has 23 nitrogen and oxygen atoms in total. The molecule has 0 bridgehead atoms. The minimum Gasteiger partial charge on any atom is -0.508 e. The Morgan fingerprint density at radius 2 is 1.16 bits per heavy atom. The predicted molar refractivity (Wildman–Crippen MR) is 204 cm³/mol. The van der Waals surface area contributed by atoms with Gasteiger partial charge in [-0.15, -0.1) is 0 Å². The van der Waals surface area contributed by atoms with E-state index >= 15 is 0 Å². The van der Waals surface area contributed by atoms with Gasteiger partial charge in [-0.3, -0.25) is 0 Å². The van der Waals surface area contributed by atoms with Crippen LogP contribution in [0.4, 0.5) is 0 Å². The number of carbonyl (C=O) groups excluding carboxylic acids is 1. The van der Waals surface area contributed by atoms with Gasteiger partial charge in [0.1, 0.15) is 96.4 Å². The second-order valence-electron chi connectivity index (χ2n) is 14.9. The highest BCUT2D eigenvalue weighted by Gasteiger charge is 2.52. The maximum atomic E-state index is 12.7. The summed E-state index contributed by atoms with van der Waals surface area (Å²) < 4.78 is 46.3. The summed E-state index contributed by atoms with van der Waals surface area (Å²) in [6.07, 6.45) is -27.5. The summed E-state index contributed by atoms with van der Waals surface area (Å²) in [6, 6.07) is 11.8. The smallest absolute Gasteiger partial charge is 0.402 e. The van der Waals surface area contributed by atoms with Gasteiger partial charge in [-0.1, -0.05) is 0 Å². The lowest BCUT2D eigenvalue weighted by atomic mass is 9.97. The number of phenols is 4. The summed E-state index contributed by atoms with van der Waals surface area (Å²) in [5.41, 5.74) is -0.163. The zero-order valence-electron chi connectivity index (χ0n) is 32.5. The number of carbonyl (C=O) groups is 1. The van der Waals surface area contributed by atoms with E-state index in [0.29, 0.717) is 0 Å². The van der Waals surface area contributed by atoms with Crippen molar-refractivity contribution in [1.82, 2.24) is 0 Å². The van der Waals surface area contributed by atoms with Crippen molar-refractivity contribution in [3.8, 4) is 45.8 Å². The summed E-state index contributed by atoms with van der Waals surface area (Å²) in [7, 11) is 0. The van der Waals surface area contributed by atoms with Crippen LogP contribution in [0.2, 0.25) is 0 Å². The standard InChI is InChI=1S/C40H44O23/c41-11-24-27(47)30(50)33(53)38(60-24)58-22-9-17(44)8-21-18(22)10-23(35(57-21)15-3-6-19(45)20(46)7-15)59-40-36(32(52)28(48)25(12-42)61-40)63-39-34(54)31(51)29(49)26(62-39)13-56-37(55)14-1-4-16(43)5-2-14/h1-10,24-34,36,38-42,47-54H,11-13H2,(H3-,43,44,45,46,55)/p+1. The number of aliphatic hydroxyl groups is 10. The molecule has 0 amide bonds. The number of aliphatic hydroxyl groups excluding tert-OH is 10. The number of rotatable bonds is 12. The third-order valence-electron chi connectivity index (χ3n) is 10.6. The van der Waals surface area contributed by atoms with Crippen LogP contribution in [0.1, 0.15) is 10.4 Å². The van der Waals surface area contributed by atoms with E-state index in [4.69, 9.17) is 37.6 Å². The normalized spacial score (nSPS) is 33.5. The Kier molecular flexibility index (Phi) is 13.7. The maximum absolute atomic E-state index is 12.7. The molecule has 1 aromatic heterocycles. The predicted octanol–water partition coefficient (Wildman–Crippen LogP) is -2.75. The largest absolute Gasteiger partial charge is 0.508 e. The SMILES string of the molecule is O=C(OCC1OC(OC2C(Oc3cc4c(OC5OC(CO)C(O)C(O)C5O)cc(O)cc4[o+]c3-c3ccc(O)c(O)c3)OC(CO)C(O)C2O)C(O)C(O)C1O)c1ccc(O)cc1.